The maximum absolute atomic E-state index is 5.70. The van der Waals surface area contributed by atoms with Crippen LogP contribution in [0.3, 0.4) is 0 Å². The van der Waals surface area contributed by atoms with E-state index in [1.54, 1.807) is 0 Å². The smallest absolute Gasteiger partial charge is 0.193 e. The molecule has 1 aromatic carbocycles. The van der Waals surface area contributed by atoms with Gasteiger partial charge in [0.1, 0.15) is 0 Å². The molecule has 0 radical (unpaired) electrons. The first-order valence-corrected chi connectivity index (χ1v) is 8.31. The van der Waals surface area contributed by atoms with Gasteiger partial charge in [0, 0.05) is 33.8 Å². The predicted octanol–water partition coefficient (Wildman–Crippen LogP) is 3.30. The van der Waals surface area contributed by atoms with E-state index in [1.165, 1.54) is 24.0 Å². The molecule has 0 unspecified atom stereocenters. The number of benzene rings is 1. The minimum absolute atomic E-state index is 0. The Bertz CT molecular complexity index is 489. The van der Waals surface area contributed by atoms with E-state index in [4.69, 9.17) is 4.74 Å². The highest BCUT2D eigenvalue weighted by Crippen LogP contribution is 2.28. The molecule has 1 N–H and O–H groups in total. The molecule has 1 aromatic rings. The van der Waals surface area contributed by atoms with Gasteiger partial charge in [0.05, 0.1) is 6.61 Å². The lowest BCUT2D eigenvalue weighted by molar-refractivity contribution is 0.115. The van der Waals surface area contributed by atoms with Crippen LogP contribution in [0.4, 0.5) is 0 Å². The second-order valence-electron chi connectivity index (χ2n) is 5.96. The molecular weight excluding hydrogens is 401 g/mol. The van der Waals surface area contributed by atoms with E-state index >= 15 is 0 Å². The molecule has 23 heavy (non-hydrogen) atoms. The van der Waals surface area contributed by atoms with Crippen molar-refractivity contribution >= 4 is 29.9 Å². The van der Waals surface area contributed by atoms with Gasteiger partial charge < -0.3 is 15.0 Å². The first kappa shape index (κ1) is 20.2. The summed E-state index contributed by atoms with van der Waals surface area (Å²) in [4.78, 5) is 6.49. The number of aryl methyl sites for hydroxylation is 1. The van der Waals surface area contributed by atoms with Crippen molar-refractivity contribution in [2.24, 2.45) is 10.9 Å². The van der Waals surface area contributed by atoms with Crippen molar-refractivity contribution in [2.45, 2.75) is 32.7 Å². The molecule has 2 rings (SSSR count). The third-order valence-corrected chi connectivity index (χ3v) is 4.13. The van der Waals surface area contributed by atoms with E-state index in [0.29, 0.717) is 0 Å². The molecule has 0 aromatic heterocycles. The highest BCUT2D eigenvalue weighted by atomic mass is 127. The summed E-state index contributed by atoms with van der Waals surface area (Å²) in [6.45, 7) is 5.55. The van der Waals surface area contributed by atoms with Crippen molar-refractivity contribution in [2.75, 3.05) is 33.9 Å². The van der Waals surface area contributed by atoms with Gasteiger partial charge in [-0.15, -0.1) is 24.0 Å². The second kappa shape index (κ2) is 10.9. The Morgan fingerprint density at radius 3 is 2.61 bits per heavy atom. The van der Waals surface area contributed by atoms with Crippen molar-refractivity contribution < 1.29 is 4.74 Å². The van der Waals surface area contributed by atoms with E-state index in [0.717, 1.165) is 44.6 Å². The quantitative estimate of drug-likeness (QED) is 0.297. The number of ether oxygens (including phenoxy) is 1. The normalized spacial score (nSPS) is 14.3. The molecular formula is C18H30IN3O. The molecule has 0 aliphatic heterocycles. The van der Waals surface area contributed by atoms with Gasteiger partial charge >= 0.3 is 0 Å². The lowest BCUT2D eigenvalue weighted by Crippen LogP contribution is -2.40. The van der Waals surface area contributed by atoms with E-state index in [-0.39, 0.29) is 24.0 Å². The van der Waals surface area contributed by atoms with Crippen LogP contribution in [-0.4, -0.2) is 44.7 Å². The minimum Gasteiger partial charge on any atom is -0.379 e. The summed E-state index contributed by atoms with van der Waals surface area (Å²) in [6.07, 6.45) is 3.74. The average molecular weight is 431 g/mol. The van der Waals surface area contributed by atoms with Crippen LogP contribution in [0.15, 0.2) is 29.3 Å². The van der Waals surface area contributed by atoms with Crippen LogP contribution in [0, 0.1) is 5.92 Å². The maximum atomic E-state index is 5.70. The van der Waals surface area contributed by atoms with Gasteiger partial charge in [-0.2, -0.15) is 0 Å². The third-order valence-electron chi connectivity index (χ3n) is 4.13. The fraction of sp³-hybridized carbons (Fsp3) is 0.611. The molecule has 1 saturated carbocycles. The molecule has 5 heteroatoms. The van der Waals surface area contributed by atoms with E-state index < -0.39 is 0 Å². The number of hydrogen-bond donors (Lipinski definition) is 1. The van der Waals surface area contributed by atoms with Crippen LogP contribution in [-0.2, 0) is 17.7 Å². The first-order chi connectivity index (χ1) is 10.7. The van der Waals surface area contributed by atoms with Crippen LogP contribution in [0.1, 0.15) is 30.9 Å². The lowest BCUT2D eigenvalue weighted by Gasteiger charge is -2.22. The number of halogens is 1. The number of nitrogens with zero attached hydrogens (tertiary/aromatic N) is 2. The van der Waals surface area contributed by atoms with Crippen LogP contribution >= 0.6 is 24.0 Å². The molecule has 1 aliphatic rings. The van der Waals surface area contributed by atoms with Gasteiger partial charge in [-0.05, 0) is 36.3 Å². The number of likely N-dealkylation sites (N-methyl/N-ethyl adjacent to an activating group) is 1. The van der Waals surface area contributed by atoms with Gasteiger partial charge in [-0.25, -0.2) is 0 Å². The van der Waals surface area contributed by atoms with Crippen LogP contribution < -0.4 is 5.32 Å². The first-order valence-electron chi connectivity index (χ1n) is 8.31. The molecule has 0 amide bonds. The summed E-state index contributed by atoms with van der Waals surface area (Å²) < 4.78 is 5.70. The Morgan fingerprint density at radius 2 is 2.00 bits per heavy atom. The summed E-state index contributed by atoms with van der Waals surface area (Å²) in [5.41, 5.74) is 2.73. The SMILES string of the molecule is CCc1ccccc1CNC(=NC)N(C)CCOCC1CC1.I. The van der Waals surface area contributed by atoms with Gasteiger partial charge in [0.25, 0.3) is 0 Å². The lowest BCUT2D eigenvalue weighted by atomic mass is 10.1. The zero-order valence-corrected chi connectivity index (χ0v) is 16.9. The molecule has 0 saturated heterocycles. The minimum atomic E-state index is 0. The standard InChI is InChI=1S/C18H29N3O.HI/c1-4-16-7-5-6-8-17(16)13-20-18(19-2)21(3)11-12-22-14-15-9-10-15;/h5-8,15H,4,9-14H2,1-3H3,(H,19,20);1H. The Morgan fingerprint density at radius 1 is 1.30 bits per heavy atom. The highest BCUT2D eigenvalue weighted by Gasteiger charge is 2.21. The molecule has 1 aliphatic carbocycles. The van der Waals surface area contributed by atoms with Gasteiger partial charge in [-0.1, -0.05) is 31.2 Å². The zero-order valence-electron chi connectivity index (χ0n) is 14.5. The molecule has 0 heterocycles. The van der Waals surface area contributed by atoms with Gasteiger partial charge in [0.15, 0.2) is 5.96 Å². The van der Waals surface area contributed by atoms with Gasteiger partial charge in [0.2, 0.25) is 0 Å². The van der Waals surface area contributed by atoms with E-state index in [2.05, 4.69) is 53.4 Å². The number of hydrogen-bond acceptors (Lipinski definition) is 2. The van der Waals surface area contributed by atoms with Crippen molar-refractivity contribution in [3.63, 3.8) is 0 Å². The second-order valence-corrected chi connectivity index (χ2v) is 5.96. The van der Waals surface area contributed by atoms with Crippen LogP contribution in [0.2, 0.25) is 0 Å². The molecule has 1 fully saturated rings. The van der Waals surface area contributed by atoms with E-state index in [1.807, 2.05) is 7.05 Å². The highest BCUT2D eigenvalue weighted by molar-refractivity contribution is 14.0. The largest absolute Gasteiger partial charge is 0.379 e. The molecule has 0 bridgehead atoms. The van der Waals surface area contributed by atoms with Crippen LogP contribution in [0.25, 0.3) is 0 Å². The fourth-order valence-corrected chi connectivity index (χ4v) is 2.48. The van der Waals surface area contributed by atoms with Crippen LogP contribution in [0.5, 0.6) is 0 Å². The zero-order chi connectivity index (χ0) is 15.8. The molecule has 130 valence electrons. The van der Waals surface area contributed by atoms with Crippen molar-refractivity contribution in [1.82, 2.24) is 10.2 Å². The monoisotopic (exact) mass is 431 g/mol. The van der Waals surface area contributed by atoms with E-state index in [9.17, 15) is 0 Å². The Kier molecular flexibility index (Phi) is 9.55. The maximum Gasteiger partial charge on any atom is 0.193 e. The number of rotatable bonds is 8. The fourth-order valence-electron chi connectivity index (χ4n) is 2.48. The summed E-state index contributed by atoms with van der Waals surface area (Å²) in [5.74, 6) is 1.74. The number of nitrogens with one attached hydrogen (secondary N) is 1. The Labute approximate surface area is 157 Å². The third kappa shape index (κ3) is 7.08. The predicted molar refractivity (Wildman–Crippen MR) is 108 cm³/mol. The van der Waals surface area contributed by atoms with Crippen molar-refractivity contribution in [3.8, 4) is 0 Å². The number of aliphatic imine (C=N–C) groups is 1. The molecule has 0 atom stereocenters. The summed E-state index contributed by atoms with van der Waals surface area (Å²) in [5, 5.41) is 3.44. The Balaban J connectivity index is 0.00000264. The molecule has 0 spiro atoms. The van der Waals surface area contributed by atoms with Crippen molar-refractivity contribution in [3.05, 3.63) is 35.4 Å². The van der Waals surface area contributed by atoms with Crippen molar-refractivity contribution in [1.29, 1.82) is 0 Å². The summed E-state index contributed by atoms with van der Waals surface area (Å²) in [6, 6.07) is 8.56. The van der Waals surface area contributed by atoms with Gasteiger partial charge in [-0.3, -0.25) is 4.99 Å². The topological polar surface area (TPSA) is 36.9 Å². The Hall–Kier alpha value is -0.820. The average Bonchev–Trinajstić information content (AvgIpc) is 3.37. The summed E-state index contributed by atoms with van der Waals surface area (Å²) >= 11 is 0. The number of guanidine groups is 1. The summed E-state index contributed by atoms with van der Waals surface area (Å²) in [7, 11) is 3.89. The molecule has 4 nitrogen and oxygen atoms in total.